The van der Waals surface area contributed by atoms with Gasteiger partial charge in [0.05, 0.1) is 5.69 Å². The Balaban J connectivity index is 0.00000312. The molecule has 0 amide bonds. The summed E-state index contributed by atoms with van der Waals surface area (Å²) in [4.78, 5) is 8.47. The van der Waals surface area contributed by atoms with Gasteiger partial charge in [-0.1, -0.05) is 54.8 Å². The average molecular weight is 483 g/mol. The maximum Gasteiger partial charge on any atom is 0.180 e. The van der Waals surface area contributed by atoms with Gasteiger partial charge in [0, 0.05) is 21.5 Å². The number of aromatic nitrogens is 1. The van der Waals surface area contributed by atoms with Gasteiger partial charge in [0.25, 0.3) is 0 Å². The molecule has 2 N–H and O–H groups in total. The van der Waals surface area contributed by atoms with E-state index in [0.717, 1.165) is 28.7 Å². The molecule has 0 fully saturated rings. The molecule has 2 rings (SSSR count). The van der Waals surface area contributed by atoms with E-state index in [4.69, 9.17) is 5.73 Å². The molecule has 0 saturated heterocycles. The van der Waals surface area contributed by atoms with Crippen LogP contribution >= 0.6 is 52.1 Å². The monoisotopic (exact) mass is 481 g/mol. The summed E-state index contributed by atoms with van der Waals surface area (Å²) < 4.78 is 1.08. The van der Waals surface area contributed by atoms with Crippen LogP contribution < -0.4 is 5.73 Å². The van der Waals surface area contributed by atoms with E-state index < -0.39 is 0 Å². The Kier molecular flexibility index (Phi) is 13.6. The lowest BCUT2D eigenvalue weighted by Crippen LogP contribution is -2.28. The van der Waals surface area contributed by atoms with Crippen molar-refractivity contribution in [3.63, 3.8) is 0 Å². The summed E-state index contributed by atoms with van der Waals surface area (Å²) in [5, 5.41) is 0.664. The number of rotatable bonds is 10. The van der Waals surface area contributed by atoms with Crippen LogP contribution in [0.25, 0.3) is 11.3 Å². The van der Waals surface area contributed by atoms with Crippen LogP contribution in [0.1, 0.15) is 44.4 Å². The van der Waals surface area contributed by atoms with Gasteiger partial charge in [-0.25, -0.2) is 4.98 Å². The molecule has 0 atom stereocenters. The summed E-state index contributed by atoms with van der Waals surface area (Å²) in [6, 6.07) is 8.33. The molecule has 0 aliphatic heterocycles. The highest BCUT2D eigenvalue weighted by Gasteiger charge is 2.13. The summed E-state index contributed by atoms with van der Waals surface area (Å²) in [5.74, 6) is 0. The van der Waals surface area contributed by atoms with Crippen LogP contribution in [0.4, 0.5) is 5.13 Å². The molecule has 1 aromatic carbocycles. The van der Waals surface area contributed by atoms with Crippen molar-refractivity contribution >= 4 is 57.2 Å². The first-order valence-corrected chi connectivity index (χ1v) is 10.5. The first kappa shape index (κ1) is 25.7. The van der Waals surface area contributed by atoms with Gasteiger partial charge in [0.2, 0.25) is 0 Å². The fraction of sp³-hybridized carbons (Fsp3) is 0.526. The lowest BCUT2D eigenvalue weighted by atomic mass is 10.1. The highest BCUT2D eigenvalue weighted by molar-refractivity contribution is 9.10. The van der Waals surface area contributed by atoms with E-state index in [1.807, 2.05) is 0 Å². The summed E-state index contributed by atoms with van der Waals surface area (Å²) in [7, 11) is 0. The van der Waals surface area contributed by atoms with E-state index in [1.54, 1.807) is 11.3 Å². The molecule has 0 unspecified atom stereocenters. The Bertz CT molecular complexity index is 612. The Morgan fingerprint density at radius 2 is 1.58 bits per heavy atom. The summed E-state index contributed by atoms with van der Waals surface area (Å²) in [6.45, 7) is 7.99. The number of benzene rings is 1. The minimum Gasteiger partial charge on any atom is -0.375 e. The topological polar surface area (TPSA) is 42.1 Å². The predicted octanol–water partition coefficient (Wildman–Crippen LogP) is 6.44. The molecule has 0 spiro atoms. The maximum atomic E-state index is 6.00. The quantitative estimate of drug-likeness (QED) is 0.423. The zero-order valence-corrected chi connectivity index (χ0v) is 19.6. The molecule has 1 aromatic heterocycles. The molecular formula is C19H30BrCl2N3S. The number of hydrogen-bond acceptors (Lipinski definition) is 4. The van der Waals surface area contributed by atoms with Crippen molar-refractivity contribution in [3.8, 4) is 11.3 Å². The lowest BCUT2D eigenvalue weighted by molar-refractivity contribution is 0.269. The number of hydrogen-bond donors (Lipinski definition) is 1. The minimum absolute atomic E-state index is 0. The van der Waals surface area contributed by atoms with Gasteiger partial charge in [0.1, 0.15) is 0 Å². The summed E-state index contributed by atoms with van der Waals surface area (Å²) in [6.07, 6.45) is 6.07. The van der Waals surface area contributed by atoms with Gasteiger partial charge in [-0.05, 0) is 44.5 Å². The number of thiazole rings is 1. The van der Waals surface area contributed by atoms with Crippen LogP contribution in [0.15, 0.2) is 28.7 Å². The van der Waals surface area contributed by atoms with Gasteiger partial charge >= 0.3 is 0 Å². The second-order valence-electron chi connectivity index (χ2n) is 6.13. The third-order valence-electron chi connectivity index (χ3n) is 4.14. The van der Waals surface area contributed by atoms with Crippen molar-refractivity contribution in [3.05, 3.63) is 33.6 Å². The first-order valence-electron chi connectivity index (χ1n) is 8.87. The average Bonchev–Trinajstić information content (AvgIpc) is 2.95. The van der Waals surface area contributed by atoms with Crippen LogP contribution in [0, 0.1) is 0 Å². The largest absolute Gasteiger partial charge is 0.375 e. The molecule has 0 saturated carbocycles. The number of nitrogens with two attached hydrogens (primary N) is 1. The Morgan fingerprint density at radius 1 is 1.00 bits per heavy atom. The SMILES string of the molecule is CCCCN(CCCC)CCc1sc(N)nc1-c1ccc(Br)cc1.Cl.Cl. The van der Waals surface area contributed by atoms with Gasteiger partial charge in [0.15, 0.2) is 5.13 Å². The smallest absolute Gasteiger partial charge is 0.180 e. The fourth-order valence-corrected chi connectivity index (χ4v) is 3.84. The van der Waals surface area contributed by atoms with Crippen molar-refractivity contribution in [2.24, 2.45) is 0 Å². The van der Waals surface area contributed by atoms with Crippen molar-refractivity contribution in [2.75, 3.05) is 25.4 Å². The Morgan fingerprint density at radius 3 is 2.12 bits per heavy atom. The van der Waals surface area contributed by atoms with Crippen LogP contribution in [0.5, 0.6) is 0 Å². The molecule has 7 heteroatoms. The van der Waals surface area contributed by atoms with Gasteiger partial charge in [-0.15, -0.1) is 36.2 Å². The second-order valence-corrected chi connectivity index (χ2v) is 8.16. The molecule has 0 bridgehead atoms. The highest BCUT2D eigenvalue weighted by Crippen LogP contribution is 2.31. The molecule has 3 nitrogen and oxygen atoms in total. The van der Waals surface area contributed by atoms with Gasteiger partial charge in [-0.2, -0.15) is 0 Å². The third-order valence-corrected chi connectivity index (χ3v) is 5.62. The normalized spacial score (nSPS) is 10.5. The molecule has 0 aliphatic carbocycles. The van der Waals surface area contributed by atoms with E-state index in [1.165, 1.54) is 43.6 Å². The van der Waals surface area contributed by atoms with Crippen molar-refractivity contribution < 1.29 is 0 Å². The Hall–Kier alpha value is -0.330. The van der Waals surface area contributed by atoms with Crippen LogP contribution in [0.2, 0.25) is 0 Å². The number of halogens is 3. The highest BCUT2D eigenvalue weighted by atomic mass is 79.9. The lowest BCUT2D eigenvalue weighted by Gasteiger charge is -2.21. The standard InChI is InChI=1S/C19H28BrN3S.2ClH/c1-3-5-12-23(13-6-4-2)14-11-17-18(22-19(21)24-17)15-7-9-16(20)10-8-15;;/h7-10H,3-6,11-14H2,1-2H3,(H2,21,22);2*1H. The first-order chi connectivity index (χ1) is 11.6. The number of unbranched alkanes of at least 4 members (excludes halogenated alkanes) is 2. The van der Waals surface area contributed by atoms with Gasteiger partial charge < -0.3 is 10.6 Å². The minimum atomic E-state index is 0. The number of nitrogens with zero attached hydrogens (tertiary/aromatic N) is 2. The number of anilines is 1. The van der Waals surface area contributed by atoms with Crippen molar-refractivity contribution in [1.29, 1.82) is 0 Å². The molecule has 2 aromatic rings. The van der Waals surface area contributed by atoms with Crippen LogP contribution in [0.3, 0.4) is 0 Å². The molecule has 148 valence electrons. The van der Waals surface area contributed by atoms with E-state index in [0.29, 0.717) is 5.13 Å². The van der Waals surface area contributed by atoms with E-state index in [-0.39, 0.29) is 24.8 Å². The second kappa shape index (κ2) is 13.8. The zero-order chi connectivity index (χ0) is 17.4. The molecule has 0 aliphatic rings. The molecule has 0 radical (unpaired) electrons. The van der Waals surface area contributed by atoms with E-state index in [2.05, 4.69) is 63.9 Å². The van der Waals surface area contributed by atoms with Crippen molar-refractivity contribution in [1.82, 2.24) is 9.88 Å². The van der Waals surface area contributed by atoms with Gasteiger partial charge in [-0.3, -0.25) is 0 Å². The fourth-order valence-electron chi connectivity index (χ4n) is 2.73. The molecule has 1 heterocycles. The summed E-state index contributed by atoms with van der Waals surface area (Å²) in [5.41, 5.74) is 8.20. The van der Waals surface area contributed by atoms with E-state index >= 15 is 0 Å². The zero-order valence-electron chi connectivity index (χ0n) is 15.5. The van der Waals surface area contributed by atoms with Crippen LogP contribution in [-0.2, 0) is 6.42 Å². The summed E-state index contributed by atoms with van der Waals surface area (Å²) >= 11 is 5.12. The van der Waals surface area contributed by atoms with Crippen LogP contribution in [-0.4, -0.2) is 29.5 Å². The van der Waals surface area contributed by atoms with E-state index in [9.17, 15) is 0 Å². The van der Waals surface area contributed by atoms with Crippen molar-refractivity contribution in [2.45, 2.75) is 46.0 Å². The predicted molar refractivity (Wildman–Crippen MR) is 124 cm³/mol. The third kappa shape index (κ3) is 8.13. The maximum absolute atomic E-state index is 6.00. The molecular weight excluding hydrogens is 453 g/mol. The number of nitrogen functional groups attached to an aromatic ring is 1. The Labute approximate surface area is 182 Å². The molecule has 26 heavy (non-hydrogen) atoms.